The third-order valence-corrected chi connectivity index (χ3v) is 4.64. The standard InChI is InChI=1S/C14H15F3N2O/c15-14(16,17)13-7-12(13,11(18)20)8-19(9-13)6-10-4-2-1-3-5-10/h1-5H,6-9H2,(H2,18,20)/t12-,13-/m0/s1. The first kappa shape index (κ1) is 13.4. The maximum atomic E-state index is 13.3. The molecule has 0 aromatic heterocycles. The fourth-order valence-corrected chi connectivity index (χ4v) is 3.52. The maximum Gasteiger partial charge on any atom is 0.396 e. The Labute approximate surface area is 114 Å². The van der Waals surface area contributed by atoms with E-state index < -0.39 is 22.9 Å². The van der Waals surface area contributed by atoms with Gasteiger partial charge in [-0.3, -0.25) is 9.69 Å². The van der Waals surface area contributed by atoms with Crippen molar-refractivity contribution in [2.75, 3.05) is 13.1 Å². The van der Waals surface area contributed by atoms with Crippen molar-refractivity contribution in [3.63, 3.8) is 0 Å². The van der Waals surface area contributed by atoms with E-state index >= 15 is 0 Å². The number of amides is 1. The van der Waals surface area contributed by atoms with Crippen molar-refractivity contribution >= 4 is 5.91 Å². The largest absolute Gasteiger partial charge is 0.396 e. The van der Waals surface area contributed by atoms with Crippen LogP contribution in [0.3, 0.4) is 0 Å². The molecular weight excluding hydrogens is 269 g/mol. The number of fused-ring (bicyclic) bond motifs is 1. The summed E-state index contributed by atoms with van der Waals surface area (Å²) in [7, 11) is 0. The van der Waals surface area contributed by atoms with E-state index in [1.165, 1.54) is 0 Å². The molecule has 2 atom stereocenters. The molecule has 1 heterocycles. The van der Waals surface area contributed by atoms with Gasteiger partial charge in [-0.05, 0) is 12.0 Å². The van der Waals surface area contributed by atoms with Gasteiger partial charge in [-0.1, -0.05) is 30.3 Å². The minimum absolute atomic E-state index is 0.0940. The molecule has 20 heavy (non-hydrogen) atoms. The molecule has 2 aliphatic rings. The number of nitrogens with two attached hydrogens (primary N) is 1. The van der Waals surface area contributed by atoms with E-state index in [9.17, 15) is 18.0 Å². The van der Waals surface area contributed by atoms with Crippen LogP contribution in [0, 0.1) is 10.8 Å². The Balaban J connectivity index is 1.82. The lowest BCUT2D eigenvalue weighted by Gasteiger charge is -2.22. The molecule has 2 N–H and O–H groups in total. The summed E-state index contributed by atoms with van der Waals surface area (Å²) in [6.07, 6.45) is -4.54. The predicted molar refractivity (Wildman–Crippen MR) is 66.5 cm³/mol. The van der Waals surface area contributed by atoms with Crippen LogP contribution in [0.1, 0.15) is 12.0 Å². The minimum Gasteiger partial charge on any atom is -0.369 e. The van der Waals surface area contributed by atoms with Gasteiger partial charge in [0.15, 0.2) is 0 Å². The fourth-order valence-electron chi connectivity index (χ4n) is 3.52. The molecule has 1 aromatic carbocycles. The van der Waals surface area contributed by atoms with E-state index in [0.29, 0.717) is 6.54 Å². The summed E-state index contributed by atoms with van der Waals surface area (Å²) in [5, 5.41) is 0. The Morgan fingerprint density at radius 3 is 2.40 bits per heavy atom. The van der Waals surface area contributed by atoms with Gasteiger partial charge in [-0.15, -0.1) is 0 Å². The highest BCUT2D eigenvalue weighted by Crippen LogP contribution is 2.74. The van der Waals surface area contributed by atoms with Crippen molar-refractivity contribution in [1.29, 1.82) is 0 Å². The van der Waals surface area contributed by atoms with Crippen LogP contribution in [0.2, 0.25) is 0 Å². The Morgan fingerprint density at radius 2 is 1.90 bits per heavy atom. The van der Waals surface area contributed by atoms with Crippen LogP contribution in [0.4, 0.5) is 13.2 Å². The zero-order valence-electron chi connectivity index (χ0n) is 10.8. The van der Waals surface area contributed by atoms with Crippen molar-refractivity contribution in [1.82, 2.24) is 4.90 Å². The Hall–Kier alpha value is -1.56. The lowest BCUT2D eigenvalue weighted by molar-refractivity contribution is -0.194. The molecule has 6 heteroatoms. The second-order valence-corrected chi connectivity index (χ2v) is 5.83. The summed E-state index contributed by atoms with van der Waals surface area (Å²) in [4.78, 5) is 13.2. The van der Waals surface area contributed by atoms with E-state index in [-0.39, 0.29) is 19.5 Å². The highest BCUT2D eigenvalue weighted by molar-refractivity contribution is 5.87. The number of hydrogen-bond donors (Lipinski definition) is 1. The summed E-state index contributed by atoms with van der Waals surface area (Å²) in [6.45, 7) is 0.360. The van der Waals surface area contributed by atoms with Gasteiger partial charge in [0.1, 0.15) is 0 Å². The SMILES string of the molecule is NC(=O)[C@]12CN(Cc3ccccc3)C[C@@]1(C(F)(F)F)C2. The second-order valence-electron chi connectivity index (χ2n) is 5.83. The molecule has 1 amide bonds. The van der Waals surface area contributed by atoms with Crippen LogP contribution in [0.25, 0.3) is 0 Å². The lowest BCUT2D eigenvalue weighted by Crippen LogP contribution is -2.37. The number of piperidine rings is 1. The first-order valence-electron chi connectivity index (χ1n) is 6.44. The summed E-state index contributed by atoms with van der Waals surface area (Å²) in [5.41, 5.74) is 2.83. The highest BCUT2D eigenvalue weighted by Gasteiger charge is 2.85. The lowest BCUT2D eigenvalue weighted by atomic mass is 9.95. The van der Waals surface area contributed by atoms with Gasteiger partial charge in [-0.2, -0.15) is 13.2 Å². The number of benzene rings is 1. The molecule has 1 aliphatic carbocycles. The van der Waals surface area contributed by atoms with E-state index in [1.807, 2.05) is 30.3 Å². The van der Waals surface area contributed by atoms with E-state index in [4.69, 9.17) is 5.73 Å². The van der Waals surface area contributed by atoms with Gasteiger partial charge in [0, 0.05) is 19.6 Å². The van der Waals surface area contributed by atoms with E-state index in [0.717, 1.165) is 5.56 Å². The van der Waals surface area contributed by atoms with Gasteiger partial charge < -0.3 is 5.73 Å². The predicted octanol–water partition coefficient (Wildman–Crippen LogP) is 1.93. The molecule has 0 spiro atoms. The molecule has 3 rings (SSSR count). The topological polar surface area (TPSA) is 46.3 Å². The van der Waals surface area contributed by atoms with Crippen LogP contribution >= 0.6 is 0 Å². The first-order valence-corrected chi connectivity index (χ1v) is 6.44. The van der Waals surface area contributed by atoms with Crippen molar-refractivity contribution in [2.45, 2.75) is 19.1 Å². The Kier molecular flexibility index (Phi) is 2.67. The number of hydrogen-bond acceptors (Lipinski definition) is 2. The van der Waals surface area contributed by atoms with Crippen LogP contribution in [0.5, 0.6) is 0 Å². The number of halogens is 3. The average molecular weight is 284 g/mol. The molecular formula is C14H15F3N2O. The average Bonchev–Trinajstić information content (AvgIpc) is 2.91. The van der Waals surface area contributed by atoms with Crippen molar-refractivity contribution in [3.8, 4) is 0 Å². The minimum atomic E-state index is -4.38. The third kappa shape index (κ3) is 1.67. The van der Waals surface area contributed by atoms with Crippen LogP contribution < -0.4 is 5.73 Å². The van der Waals surface area contributed by atoms with Gasteiger partial charge in [0.2, 0.25) is 5.91 Å². The Morgan fingerprint density at radius 1 is 1.25 bits per heavy atom. The van der Waals surface area contributed by atoms with Gasteiger partial charge in [-0.25, -0.2) is 0 Å². The highest BCUT2D eigenvalue weighted by atomic mass is 19.4. The zero-order chi connectivity index (χ0) is 14.6. The third-order valence-electron chi connectivity index (χ3n) is 4.64. The van der Waals surface area contributed by atoms with Crippen molar-refractivity contribution in [3.05, 3.63) is 35.9 Å². The molecule has 0 bridgehead atoms. The monoisotopic (exact) mass is 284 g/mol. The first-order chi connectivity index (χ1) is 9.31. The van der Waals surface area contributed by atoms with Gasteiger partial charge in [0.25, 0.3) is 0 Å². The normalized spacial score (nSPS) is 33.0. The number of rotatable bonds is 3. The molecule has 3 nitrogen and oxygen atoms in total. The summed E-state index contributed by atoms with van der Waals surface area (Å²) in [5.74, 6) is -0.828. The van der Waals surface area contributed by atoms with Crippen molar-refractivity contribution < 1.29 is 18.0 Å². The Bertz CT molecular complexity index is 545. The zero-order valence-corrected chi connectivity index (χ0v) is 10.8. The molecule has 1 saturated heterocycles. The second kappa shape index (κ2) is 3.97. The number of alkyl halides is 3. The number of likely N-dealkylation sites (tertiary alicyclic amines) is 1. The molecule has 1 aromatic rings. The van der Waals surface area contributed by atoms with Crippen LogP contribution in [0.15, 0.2) is 30.3 Å². The number of nitrogens with zero attached hydrogens (tertiary/aromatic N) is 1. The molecule has 1 saturated carbocycles. The van der Waals surface area contributed by atoms with Crippen LogP contribution in [-0.4, -0.2) is 30.1 Å². The summed E-state index contributed by atoms with van der Waals surface area (Å²) in [6, 6.07) is 9.26. The number of carbonyl (C=O) groups excluding carboxylic acids is 1. The molecule has 0 unspecified atom stereocenters. The fraction of sp³-hybridized carbons (Fsp3) is 0.500. The van der Waals surface area contributed by atoms with E-state index in [2.05, 4.69) is 0 Å². The maximum absolute atomic E-state index is 13.3. The van der Waals surface area contributed by atoms with Crippen molar-refractivity contribution in [2.24, 2.45) is 16.6 Å². The number of carbonyl (C=O) groups is 1. The van der Waals surface area contributed by atoms with Gasteiger partial charge >= 0.3 is 6.18 Å². The molecule has 0 radical (unpaired) electrons. The van der Waals surface area contributed by atoms with Gasteiger partial charge in [0.05, 0.1) is 10.8 Å². The summed E-state index contributed by atoms with van der Waals surface area (Å²) < 4.78 is 39.8. The smallest absolute Gasteiger partial charge is 0.369 e. The number of primary amides is 1. The van der Waals surface area contributed by atoms with Crippen LogP contribution in [-0.2, 0) is 11.3 Å². The molecule has 2 fully saturated rings. The molecule has 108 valence electrons. The van der Waals surface area contributed by atoms with E-state index in [1.54, 1.807) is 4.90 Å². The summed E-state index contributed by atoms with van der Waals surface area (Å²) >= 11 is 0. The molecule has 1 aliphatic heterocycles. The quantitative estimate of drug-likeness (QED) is 0.922.